The fraction of sp³-hybridized carbons (Fsp3) is 0.333. The zero-order valence-corrected chi connectivity index (χ0v) is 9.94. The number of nitrogens with one attached hydrogen (secondary N) is 1. The molecule has 2 aromatic rings. The summed E-state index contributed by atoms with van der Waals surface area (Å²) in [6.45, 7) is 0.949. The van der Waals surface area contributed by atoms with Crippen LogP contribution in [-0.2, 0) is 0 Å². The summed E-state index contributed by atoms with van der Waals surface area (Å²) >= 11 is 6.01. The number of para-hydroxylation sites is 1. The molecular weight excluding hydrogens is 238 g/mol. The summed E-state index contributed by atoms with van der Waals surface area (Å²) in [4.78, 5) is 16.6. The van der Waals surface area contributed by atoms with Crippen molar-refractivity contribution >= 4 is 22.5 Å². The molecule has 1 fully saturated rings. The summed E-state index contributed by atoms with van der Waals surface area (Å²) in [5.74, 6) is 0. The molecule has 1 saturated heterocycles. The molecule has 4 nitrogen and oxygen atoms in total. The number of rotatable bonds is 1. The predicted octanol–water partition coefficient (Wildman–Crippen LogP) is 1.93. The van der Waals surface area contributed by atoms with Crippen molar-refractivity contribution in [1.29, 1.82) is 0 Å². The van der Waals surface area contributed by atoms with E-state index in [4.69, 9.17) is 11.6 Å². The van der Waals surface area contributed by atoms with Gasteiger partial charge in [0, 0.05) is 0 Å². The molecule has 1 atom stereocenters. The minimum Gasteiger partial charge on any atom is -0.297 e. The molecule has 2 heterocycles. The smallest absolute Gasteiger partial charge is 0.262 e. The molecule has 1 aromatic heterocycles. The van der Waals surface area contributed by atoms with Crippen LogP contribution < -0.4 is 10.9 Å². The zero-order valence-electron chi connectivity index (χ0n) is 9.19. The highest BCUT2D eigenvalue weighted by molar-refractivity contribution is 6.34. The lowest BCUT2D eigenvalue weighted by Gasteiger charge is -2.14. The zero-order chi connectivity index (χ0) is 11.8. The average molecular weight is 250 g/mol. The van der Waals surface area contributed by atoms with E-state index >= 15 is 0 Å². The fourth-order valence-corrected chi connectivity index (χ4v) is 2.48. The minimum atomic E-state index is -0.0306. The van der Waals surface area contributed by atoms with Gasteiger partial charge in [0.15, 0.2) is 0 Å². The molecule has 0 saturated carbocycles. The SMILES string of the molecule is O=c1c2cccc(Cl)c2ncn1C1CCCN1. The van der Waals surface area contributed by atoms with Crippen molar-refractivity contribution in [2.75, 3.05) is 6.54 Å². The van der Waals surface area contributed by atoms with Crippen LogP contribution >= 0.6 is 11.6 Å². The Morgan fingerprint density at radius 1 is 1.47 bits per heavy atom. The van der Waals surface area contributed by atoms with Crippen molar-refractivity contribution in [3.63, 3.8) is 0 Å². The van der Waals surface area contributed by atoms with Gasteiger partial charge >= 0.3 is 0 Å². The standard InChI is InChI=1S/C12H12ClN3O/c13-9-4-1-3-8-11(9)15-7-16(12(8)17)10-5-2-6-14-10/h1,3-4,7,10,14H,2,5-6H2. The molecule has 0 radical (unpaired) electrons. The van der Waals surface area contributed by atoms with Gasteiger partial charge in [-0.1, -0.05) is 17.7 Å². The lowest BCUT2D eigenvalue weighted by atomic mass is 10.2. The fourth-order valence-electron chi connectivity index (χ4n) is 2.26. The van der Waals surface area contributed by atoms with Crippen molar-refractivity contribution in [3.05, 3.63) is 39.9 Å². The molecule has 5 heteroatoms. The Morgan fingerprint density at radius 2 is 2.35 bits per heavy atom. The van der Waals surface area contributed by atoms with E-state index in [1.807, 2.05) is 0 Å². The molecule has 1 N–H and O–H groups in total. The number of benzene rings is 1. The van der Waals surface area contributed by atoms with Gasteiger partial charge in [0.25, 0.3) is 5.56 Å². The average Bonchev–Trinajstić information content (AvgIpc) is 2.84. The monoisotopic (exact) mass is 249 g/mol. The third-order valence-corrected chi connectivity index (χ3v) is 3.44. The van der Waals surface area contributed by atoms with Crippen LogP contribution in [0.25, 0.3) is 10.9 Å². The summed E-state index contributed by atoms with van der Waals surface area (Å²) < 4.78 is 1.66. The van der Waals surface area contributed by atoms with Gasteiger partial charge in [0.2, 0.25) is 0 Å². The lowest BCUT2D eigenvalue weighted by molar-refractivity contribution is 0.453. The van der Waals surface area contributed by atoms with Gasteiger partial charge in [0.05, 0.1) is 28.4 Å². The Hall–Kier alpha value is -1.39. The Kier molecular flexibility index (Phi) is 2.61. The van der Waals surface area contributed by atoms with E-state index < -0.39 is 0 Å². The summed E-state index contributed by atoms with van der Waals surface area (Å²) in [7, 11) is 0. The highest BCUT2D eigenvalue weighted by atomic mass is 35.5. The first-order chi connectivity index (χ1) is 8.27. The number of halogens is 1. The number of aromatic nitrogens is 2. The highest BCUT2D eigenvalue weighted by Gasteiger charge is 2.18. The first kappa shape index (κ1) is 10.7. The molecule has 1 aliphatic rings. The van der Waals surface area contributed by atoms with Crippen LogP contribution in [0.3, 0.4) is 0 Å². The van der Waals surface area contributed by atoms with E-state index in [0.29, 0.717) is 15.9 Å². The summed E-state index contributed by atoms with van der Waals surface area (Å²) in [6.07, 6.45) is 3.70. The van der Waals surface area contributed by atoms with Gasteiger partial charge in [-0.05, 0) is 31.5 Å². The third-order valence-electron chi connectivity index (χ3n) is 3.13. The van der Waals surface area contributed by atoms with E-state index in [9.17, 15) is 4.79 Å². The topological polar surface area (TPSA) is 46.9 Å². The molecule has 88 valence electrons. The van der Waals surface area contributed by atoms with Crippen LogP contribution in [0, 0.1) is 0 Å². The van der Waals surface area contributed by atoms with Crippen molar-refractivity contribution in [2.24, 2.45) is 0 Å². The van der Waals surface area contributed by atoms with Gasteiger partial charge < -0.3 is 0 Å². The molecule has 1 aromatic carbocycles. The maximum absolute atomic E-state index is 12.3. The molecule has 1 unspecified atom stereocenters. The van der Waals surface area contributed by atoms with Gasteiger partial charge in [-0.25, -0.2) is 4.98 Å². The van der Waals surface area contributed by atoms with Crippen LogP contribution in [0.2, 0.25) is 5.02 Å². The number of nitrogens with zero attached hydrogens (tertiary/aromatic N) is 2. The number of hydrogen-bond acceptors (Lipinski definition) is 3. The summed E-state index contributed by atoms with van der Waals surface area (Å²) in [5, 5.41) is 4.38. The third kappa shape index (κ3) is 1.73. The van der Waals surface area contributed by atoms with Crippen LogP contribution in [0.1, 0.15) is 19.0 Å². The highest BCUT2D eigenvalue weighted by Crippen LogP contribution is 2.20. The van der Waals surface area contributed by atoms with E-state index in [2.05, 4.69) is 10.3 Å². The lowest BCUT2D eigenvalue weighted by Crippen LogP contribution is -2.30. The Labute approximate surface area is 103 Å². The molecule has 0 spiro atoms. The first-order valence-corrected chi connectivity index (χ1v) is 6.04. The Morgan fingerprint density at radius 3 is 3.12 bits per heavy atom. The van der Waals surface area contributed by atoms with E-state index in [1.165, 1.54) is 0 Å². The molecule has 3 rings (SSSR count). The van der Waals surface area contributed by atoms with Gasteiger partial charge in [-0.3, -0.25) is 14.7 Å². The predicted molar refractivity (Wildman–Crippen MR) is 67.3 cm³/mol. The van der Waals surface area contributed by atoms with Crippen LogP contribution in [-0.4, -0.2) is 16.1 Å². The van der Waals surface area contributed by atoms with Gasteiger partial charge in [-0.15, -0.1) is 0 Å². The van der Waals surface area contributed by atoms with Gasteiger partial charge in [0.1, 0.15) is 0 Å². The van der Waals surface area contributed by atoms with Crippen molar-refractivity contribution < 1.29 is 0 Å². The van der Waals surface area contributed by atoms with E-state index in [0.717, 1.165) is 19.4 Å². The second kappa shape index (κ2) is 4.13. The molecule has 0 aliphatic carbocycles. The van der Waals surface area contributed by atoms with Crippen molar-refractivity contribution in [3.8, 4) is 0 Å². The Balaban J connectivity index is 2.22. The number of fused-ring (bicyclic) bond motifs is 1. The largest absolute Gasteiger partial charge is 0.297 e. The van der Waals surface area contributed by atoms with Crippen LogP contribution in [0.5, 0.6) is 0 Å². The van der Waals surface area contributed by atoms with Crippen LogP contribution in [0.4, 0.5) is 0 Å². The van der Waals surface area contributed by atoms with E-state index in [1.54, 1.807) is 29.1 Å². The summed E-state index contributed by atoms with van der Waals surface area (Å²) in [5.41, 5.74) is 0.547. The maximum atomic E-state index is 12.3. The maximum Gasteiger partial charge on any atom is 0.262 e. The first-order valence-electron chi connectivity index (χ1n) is 5.66. The Bertz CT molecular complexity index is 617. The molecular formula is C12H12ClN3O. The molecule has 0 amide bonds. The van der Waals surface area contributed by atoms with Crippen molar-refractivity contribution in [1.82, 2.24) is 14.9 Å². The molecule has 0 bridgehead atoms. The number of hydrogen-bond donors (Lipinski definition) is 1. The molecule has 17 heavy (non-hydrogen) atoms. The minimum absolute atomic E-state index is 0.0306. The van der Waals surface area contributed by atoms with E-state index in [-0.39, 0.29) is 11.7 Å². The summed E-state index contributed by atoms with van der Waals surface area (Å²) in [6, 6.07) is 5.29. The van der Waals surface area contributed by atoms with Crippen LogP contribution in [0.15, 0.2) is 29.3 Å². The molecule has 1 aliphatic heterocycles. The second-order valence-corrected chi connectivity index (χ2v) is 4.61. The second-order valence-electron chi connectivity index (χ2n) is 4.21. The van der Waals surface area contributed by atoms with Gasteiger partial charge in [-0.2, -0.15) is 0 Å². The van der Waals surface area contributed by atoms with Crippen molar-refractivity contribution in [2.45, 2.75) is 19.0 Å². The normalized spacial score (nSPS) is 19.9. The quantitative estimate of drug-likeness (QED) is 0.840.